The average Bonchev–Trinajstić information content (AvgIpc) is 1.70. The molecule has 0 unspecified atom stereocenters. The third-order valence-electron chi connectivity index (χ3n) is 19.0. The first-order chi connectivity index (χ1) is 60.5. The van der Waals surface area contributed by atoms with Crippen molar-refractivity contribution in [3.05, 3.63) is 390 Å². The van der Waals surface area contributed by atoms with Crippen molar-refractivity contribution < 1.29 is 45.8 Å². The summed E-state index contributed by atoms with van der Waals surface area (Å²) >= 11 is 11.7. The first kappa shape index (κ1) is 113. The second-order valence-electron chi connectivity index (χ2n) is 28.3. The summed E-state index contributed by atoms with van der Waals surface area (Å²) in [4.78, 5) is 0. The Morgan fingerprint density at radius 1 is 0.348 bits per heavy atom. The molecule has 7 aromatic carbocycles. The minimum Gasteiger partial charge on any atom is -0.497 e. The number of imidazole rings is 1. The molecule has 14 aromatic rings. The van der Waals surface area contributed by atoms with E-state index in [0.29, 0.717) is 5.69 Å². The van der Waals surface area contributed by atoms with E-state index in [0.717, 1.165) is 103 Å². The van der Waals surface area contributed by atoms with Crippen molar-refractivity contribution >= 4 is 106 Å². The zero-order valence-corrected chi connectivity index (χ0v) is 74.9. The molecule has 0 saturated carbocycles. The van der Waals surface area contributed by atoms with Gasteiger partial charge in [-0.05, 0) is 158 Å². The van der Waals surface area contributed by atoms with Gasteiger partial charge >= 0.3 is 5.95 Å². The van der Waals surface area contributed by atoms with Gasteiger partial charge in [0.25, 0.3) is 0 Å². The Morgan fingerprint density at radius 3 is 1.09 bits per heavy atom. The lowest BCUT2D eigenvalue weighted by atomic mass is 10.2. The predicted molar refractivity (Wildman–Crippen MR) is 550 cm³/mol. The van der Waals surface area contributed by atoms with Crippen LogP contribution in [0.5, 0.6) is 11.5 Å². The number of hydrazone groups is 6. The lowest BCUT2D eigenvalue weighted by Crippen LogP contribution is -2.32. The number of benzene rings is 7. The van der Waals surface area contributed by atoms with Crippen molar-refractivity contribution in [2.45, 2.75) is 58.4 Å². The molecular formula is C105H138Cl2FN22O2+7. The number of halogens is 3. The van der Waals surface area contributed by atoms with Crippen LogP contribution < -0.4 is 71.5 Å². The summed E-state index contributed by atoms with van der Waals surface area (Å²) in [5, 5.41) is 47.1. The third-order valence-corrected chi connectivity index (χ3v) is 19.5. The van der Waals surface area contributed by atoms with E-state index in [1.807, 2.05) is 448 Å². The lowest BCUT2D eigenvalue weighted by Gasteiger charge is -2.13. The van der Waals surface area contributed by atoms with Crippen molar-refractivity contribution in [3.63, 3.8) is 0 Å². The molecule has 1 aliphatic heterocycles. The lowest BCUT2D eigenvalue weighted by molar-refractivity contribution is -0.672. The van der Waals surface area contributed by atoms with Gasteiger partial charge in [0, 0.05) is 146 Å². The molecule has 8 heterocycles. The number of methoxy groups -OCH3 is 2. The van der Waals surface area contributed by atoms with Crippen LogP contribution in [-0.2, 0) is 62.8 Å². The van der Waals surface area contributed by atoms with Crippen LogP contribution in [0.3, 0.4) is 0 Å². The molecule has 694 valence electrons. The summed E-state index contributed by atoms with van der Waals surface area (Å²) in [5.41, 5.74) is 14.2. The summed E-state index contributed by atoms with van der Waals surface area (Å²) in [6.07, 6.45) is 33.8. The topological polar surface area (TPSA) is 169 Å². The van der Waals surface area contributed by atoms with Crippen LogP contribution in [0.25, 0.3) is 0 Å². The number of azo groups is 1. The number of para-hydroxylation sites is 3. The van der Waals surface area contributed by atoms with E-state index in [1.54, 1.807) is 45.7 Å². The van der Waals surface area contributed by atoms with Crippen molar-refractivity contribution in [2.24, 2.45) is 97.2 Å². The minimum absolute atomic E-state index is 0. The zero-order valence-electron chi connectivity index (χ0n) is 73.4. The molecule has 15 rings (SSSR count). The molecule has 0 fully saturated rings. The number of anilines is 6. The van der Waals surface area contributed by atoms with E-state index in [2.05, 4.69) is 80.7 Å². The highest BCUT2D eigenvalue weighted by Gasteiger charge is 2.18. The number of fused-ring (bicyclic) bond motifs is 1. The summed E-state index contributed by atoms with van der Waals surface area (Å²) in [6, 6.07) is 85.5. The number of hydrogen-bond acceptors (Lipinski definition) is 16. The maximum Gasteiger partial charge on any atom is 0.421 e. The van der Waals surface area contributed by atoms with E-state index >= 15 is 0 Å². The fraction of sp³-hybridized carbons (Fsp3) is 0.229. The van der Waals surface area contributed by atoms with E-state index in [-0.39, 0.29) is 57.8 Å². The van der Waals surface area contributed by atoms with E-state index in [1.165, 1.54) is 22.3 Å². The first-order valence-electron chi connectivity index (χ1n) is 40.0. The van der Waals surface area contributed by atoms with Gasteiger partial charge in [-0.2, -0.15) is 30.6 Å². The Morgan fingerprint density at radius 2 is 0.697 bits per heavy atom. The van der Waals surface area contributed by atoms with Crippen LogP contribution in [0.4, 0.5) is 50.2 Å². The van der Waals surface area contributed by atoms with Crippen LogP contribution in [0.1, 0.15) is 91.3 Å². The summed E-state index contributed by atoms with van der Waals surface area (Å²) in [6.45, 7) is 0.965. The van der Waals surface area contributed by atoms with Crippen LogP contribution >= 0.6 is 23.2 Å². The molecule has 0 N–H and O–H groups in total. The summed E-state index contributed by atoms with van der Waals surface area (Å²) in [5.74, 6) is 2.17. The van der Waals surface area contributed by atoms with Crippen molar-refractivity contribution in [1.29, 1.82) is 0 Å². The Labute approximate surface area is 795 Å². The smallest absolute Gasteiger partial charge is 0.421 e. The Bertz CT molecular complexity index is 5810. The highest BCUT2D eigenvalue weighted by atomic mass is 35.5. The van der Waals surface area contributed by atoms with Gasteiger partial charge in [0.05, 0.1) is 93.5 Å². The SMILES string of the molecule is C.C.C.C.C.C.C.CN(N=Cc1cc[n+](C)cc1)c1ccc(Cl)cc1.CN(N=Cc1cc[n+](C)cc1)c1ccccc1F.CN(N=Cc1cccc[n+]1C)c1ccc(Cl)cc1.CN(N=Cc1cccc[n+]1C)c1ccccc1.COc1ccc(N(C)N=Cc2cc[n+](C)cc2)cc1.COc1ccc(N=Nc2n(C)cc[n+]2C)cc1.C[n+]1ccccc1C=NN1CCc2ccccc21. The molecule has 0 bridgehead atoms. The number of nitrogens with zero attached hydrogens (tertiary/aromatic N) is 22. The van der Waals surface area contributed by atoms with Gasteiger partial charge in [0.15, 0.2) is 55.8 Å². The van der Waals surface area contributed by atoms with Crippen LogP contribution in [0, 0.1) is 5.82 Å². The molecule has 0 amide bonds. The molecule has 0 radical (unpaired) electrons. The molecule has 0 atom stereocenters. The highest BCUT2D eigenvalue weighted by Crippen LogP contribution is 2.28. The Hall–Kier alpha value is -14.8. The van der Waals surface area contributed by atoms with Gasteiger partial charge in [-0.3, -0.25) is 30.1 Å². The molecule has 0 saturated heterocycles. The summed E-state index contributed by atoms with van der Waals surface area (Å²) < 4.78 is 39.6. The second kappa shape index (κ2) is 60.1. The van der Waals surface area contributed by atoms with Gasteiger partial charge in [-0.1, -0.05) is 129 Å². The number of ether oxygens (including phenoxy) is 2. The quantitative estimate of drug-likeness (QED) is 0.0296. The van der Waals surface area contributed by atoms with Crippen LogP contribution in [0.15, 0.2) is 376 Å². The van der Waals surface area contributed by atoms with Gasteiger partial charge in [0.2, 0.25) is 17.1 Å². The standard InChI is InChI=1S/C15H18N3O.C15H16N3.2C14H15ClN3.C14H15FN3.C14H16N3.C12H15N4O.7CH4/c1-17-10-8-13(9-11-17)12-16-18(2)14-4-6-15(19-3)7-5-14;1-17-10-5-4-7-14(17)12-16-18-11-9-13-6-2-3-8-15(13)18;1-17-9-7-12(8-10-17)11-16-18(2)14-5-3-13(15)4-6-14;1-17-10-4-3-5-14(17)11-16-18(2)13-8-6-12(15)7-9-13;1-17-9-7-12(8-10-17)11-16-18(2)14-6-4-3-5-13(14)15;1-16-11-7-6-10-14(16)12-15-17(2)13-8-4-3-5-9-13;1-15-8-9-16(2)12(15)14-13-10-4-6-11(17-3)7-5-10;;;;;;;/h4-12H,1-3H3;2-8,10,12H,9,11H2,1H3;3*3-11H,1-2H3;3-12H,1-2H3;4-9H,1-3H3;7*1H4/q7*+1;;;;;;;. The Balaban J connectivity index is 0.000000517. The molecule has 132 heavy (non-hydrogen) atoms. The molecule has 24 nitrogen and oxygen atoms in total. The van der Waals surface area contributed by atoms with E-state index < -0.39 is 0 Å². The number of rotatable bonds is 21. The molecule has 7 aromatic heterocycles. The van der Waals surface area contributed by atoms with E-state index in [4.69, 9.17) is 32.7 Å². The molecule has 27 heteroatoms. The largest absolute Gasteiger partial charge is 0.497 e. The monoisotopic (exact) mass is 1830 g/mol. The molecule has 0 spiro atoms. The predicted octanol–water partition coefficient (Wildman–Crippen LogP) is 20.0. The number of aryl methyl sites for hydroxylation is 8. The fourth-order valence-corrected chi connectivity index (χ4v) is 11.7. The highest BCUT2D eigenvalue weighted by molar-refractivity contribution is 6.31. The molecule has 1 aliphatic rings. The maximum atomic E-state index is 13.5. The summed E-state index contributed by atoms with van der Waals surface area (Å²) in [7, 11) is 28.5. The maximum absolute atomic E-state index is 13.5. The van der Waals surface area contributed by atoms with Crippen LogP contribution in [0.2, 0.25) is 10.0 Å². The average molecular weight is 1830 g/mol. The van der Waals surface area contributed by atoms with Crippen molar-refractivity contribution in [2.75, 3.05) is 86.1 Å². The normalized spacial score (nSPS) is 10.7. The molecular weight excluding hydrogens is 1690 g/mol. The first-order valence-corrected chi connectivity index (χ1v) is 40.7. The van der Waals surface area contributed by atoms with Gasteiger partial charge < -0.3 is 9.47 Å². The zero-order chi connectivity index (χ0) is 89.2. The van der Waals surface area contributed by atoms with Gasteiger partial charge in [0.1, 0.15) is 83.9 Å². The number of hydrogen-bond donors (Lipinski definition) is 0. The fourth-order valence-electron chi connectivity index (χ4n) is 11.4. The number of pyridine rings is 6. The van der Waals surface area contributed by atoms with Gasteiger partial charge in [-0.25, -0.2) is 40.9 Å². The van der Waals surface area contributed by atoms with Gasteiger partial charge in [-0.15, -0.1) is 0 Å². The van der Waals surface area contributed by atoms with Crippen molar-refractivity contribution in [3.8, 4) is 11.5 Å². The third kappa shape index (κ3) is 37.8. The Kier molecular flexibility index (Phi) is 51.5. The number of aromatic nitrogens is 8. The minimum atomic E-state index is -0.281. The van der Waals surface area contributed by atoms with E-state index in [9.17, 15) is 4.39 Å². The molecule has 0 aliphatic carbocycles. The van der Waals surface area contributed by atoms with Crippen LogP contribution in [-0.4, -0.2) is 97.9 Å². The second-order valence-corrected chi connectivity index (χ2v) is 29.2. The van der Waals surface area contributed by atoms with Crippen molar-refractivity contribution in [1.82, 2.24) is 4.57 Å².